The molecule has 3 aromatic rings. The third kappa shape index (κ3) is 4.33. The number of thiophene rings is 1. The number of benzene rings is 1. The number of amides is 3. The molecule has 2 aromatic heterocycles. The molecule has 2 aliphatic rings. The Bertz CT molecular complexity index is 1310. The lowest BCUT2D eigenvalue weighted by molar-refractivity contribution is 0.0935. The predicted octanol–water partition coefficient (Wildman–Crippen LogP) is 4.43. The zero-order chi connectivity index (χ0) is 24.4. The van der Waals surface area contributed by atoms with Crippen LogP contribution in [-0.4, -0.2) is 48.0 Å². The van der Waals surface area contributed by atoms with Gasteiger partial charge in [0.2, 0.25) is 0 Å². The summed E-state index contributed by atoms with van der Waals surface area (Å²) in [4.78, 5) is 32.6. The van der Waals surface area contributed by atoms with Gasteiger partial charge in [-0.3, -0.25) is 9.79 Å². The average Bonchev–Trinajstić information content (AvgIpc) is 3.27. The van der Waals surface area contributed by atoms with E-state index in [1.54, 1.807) is 6.20 Å². The minimum Gasteiger partial charge on any atom is -0.347 e. The van der Waals surface area contributed by atoms with Gasteiger partial charge < -0.3 is 16.0 Å². The number of nitrogens with one attached hydrogen (secondary N) is 3. The van der Waals surface area contributed by atoms with Crippen LogP contribution in [0.5, 0.6) is 0 Å². The Morgan fingerprint density at radius 3 is 2.86 bits per heavy atom. The highest BCUT2D eigenvalue weighted by molar-refractivity contribution is 7.18. The Morgan fingerprint density at radius 2 is 2.14 bits per heavy atom. The van der Waals surface area contributed by atoms with Crippen LogP contribution in [0.2, 0.25) is 0 Å². The van der Waals surface area contributed by atoms with E-state index in [1.165, 1.54) is 16.2 Å². The summed E-state index contributed by atoms with van der Waals surface area (Å²) in [6.07, 6.45) is 5.38. The smallest absolute Gasteiger partial charge is 0.332 e. The molecule has 1 fully saturated rings. The number of allylic oxidation sites excluding steroid dienone is 1. The van der Waals surface area contributed by atoms with Crippen molar-refractivity contribution >= 4 is 52.2 Å². The topological polar surface area (TPSA) is 112 Å². The monoisotopic (exact) mass is 487 g/mol. The minimum atomic E-state index is -0.424. The molecule has 0 radical (unpaired) electrons. The highest BCUT2D eigenvalue weighted by Crippen LogP contribution is 2.48. The standard InChI is InChI=1S/C25H25N7O2S/c1-3-18-20-21(22(35-24(20)26-2)23(33)29-17-10-7-11-27-14-17)30-25(34)32(18)19-12-16(13-28-31-19)15-8-5-4-6-9-15/h3-6,8-9,12-13,17,27H,2,7,10-11,14H2,1H3,(H,29,33)(H,30,34)/b18-3+/t17-/m1/s1. The molecule has 0 spiro atoms. The predicted molar refractivity (Wildman–Crippen MR) is 140 cm³/mol. The molecule has 1 atom stereocenters. The summed E-state index contributed by atoms with van der Waals surface area (Å²) in [6.45, 7) is 7.21. The first-order valence-electron chi connectivity index (χ1n) is 11.4. The third-order valence-electron chi connectivity index (χ3n) is 6.05. The summed E-state index contributed by atoms with van der Waals surface area (Å²) < 4.78 is 0. The second-order valence-corrected chi connectivity index (χ2v) is 9.27. The van der Waals surface area contributed by atoms with Gasteiger partial charge in [0.05, 0.1) is 23.1 Å². The maximum Gasteiger partial charge on any atom is 0.332 e. The van der Waals surface area contributed by atoms with Crippen LogP contribution in [0, 0.1) is 0 Å². The number of rotatable bonds is 5. The van der Waals surface area contributed by atoms with Gasteiger partial charge in [-0.1, -0.05) is 36.4 Å². The normalized spacial score (nSPS) is 18.7. The molecule has 5 rings (SSSR count). The number of aromatic nitrogens is 2. The second-order valence-electron chi connectivity index (χ2n) is 8.27. The van der Waals surface area contributed by atoms with Crippen molar-refractivity contribution in [2.45, 2.75) is 25.8 Å². The van der Waals surface area contributed by atoms with Crippen LogP contribution in [0.1, 0.15) is 35.0 Å². The van der Waals surface area contributed by atoms with Crippen LogP contribution in [0.25, 0.3) is 16.8 Å². The van der Waals surface area contributed by atoms with Crippen molar-refractivity contribution in [1.29, 1.82) is 0 Å². The number of piperidine rings is 1. The molecule has 3 amide bonds. The van der Waals surface area contributed by atoms with Crippen LogP contribution in [0.3, 0.4) is 0 Å². The summed E-state index contributed by atoms with van der Waals surface area (Å²) in [5.74, 6) is 0.132. The number of nitrogens with zero attached hydrogens (tertiary/aromatic N) is 4. The number of urea groups is 1. The first kappa shape index (κ1) is 22.9. The number of aliphatic imine (C=N–C) groups is 1. The van der Waals surface area contributed by atoms with Gasteiger partial charge >= 0.3 is 6.03 Å². The van der Waals surface area contributed by atoms with Crippen LogP contribution in [0.15, 0.2) is 53.7 Å². The molecule has 0 saturated carbocycles. The molecular weight excluding hydrogens is 462 g/mol. The number of carbonyl (C=O) groups excluding carboxylic acids is 2. The molecule has 10 heteroatoms. The van der Waals surface area contributed by atoms with Gasteiger partial charge in [-0.15, -0.1) is 16.4 Å². The SMILES string of the molecule is C=Nc1sc(C(=O)N[C@@H]2CCCNC2)c2c1/C(=C\C)N(c1cc(-c3ccccc3)cnn1)C(=O)N2. The van der Waals surface area contributed by atoms with E-state index >= 15 is 0 Å². The Kier molecular flexibility index (Phi) is 6.39. The fraction of sp³-hybridized carbons (Fsp3) is 0.240. The highest BCUT2D eigenvalue weighted by atomic mass is 32.1. The lowest BCUT2D eigenvalue weighted by Crippen LogP contribution is -2.45. The molecule has 4 heterocycles. The first-order chi connectivity index (χ1) is 17.1. The Morgan fingerprint density at radius 1 is 1.31 bits per heavy atom. The van der Waals surface area contributed by atoms with Crippen LogP contribution in [0.4, 0.5) is 21.3 Å². The van der Waals surface area contributed by atoms with E-state index in [0.717, 1.165) is 37.1 Å². The number of hydrogen-bond donors (Lipinski definition) is 3. The maximum absolute atomic E-state index is 13.4. The highest BCUT2D eigenvalue weighted by Gasteiger charge is 2.37. The van der Waals surface area contributed by atoms with Gasteiger partial charge in [0, 0.05) is 18.2 Å². The molecule has 1 saturated heterocycles. The zero-order valence-electron chi connectivity index (χ0n) is 19.2. The van der Waals surface area contributed by atoms with Gasteiger partial charge in [0.25, 0.3) is 5.91 Å². The Labute approximate surface area is 207 Å². The second kappa shape index (κ2) is 9.77. The largest absolute Gasteiger partial charge is 0.347 e. The third-order valence-corrected chi connectivity index (χ3v) is 7.18. The van der Waals surface area contributed by atoms with E-state index in [0.29, 0.717) is 32.6 Å². The average molecular weight is 488 g/mol. The summed E-state index contributed by atoms with van der Waals surface area (Å²) in [7, 11) is 0. The molecule has 178 valence electrons. The van der Waals surface area contributed by atoms with E-state index in [4.69, 9.17) is 0 Å². The van der Waals surface area contributed by atoms with E-state index in [-0.39, 0.29) is 11.9 Å². The molecule has 1 aromatic carbocycles. The van der Waals surface area contributed by atoms with Crippen LogP contribution >= 0.6 is 11.3 Å². The van der Waals surface area contributed by atoms with Gasteiger partial charge in [0.15, 0.2) is 5.82 Å². The van der Waals surface area contributed by atoms with Crippen LogP contribution in [-0.2, 0) is 0 Å². The van der Waals surface area contributed by atoms with Crippen molar-refractivity contribution in [3.8, 4) is 11.1 Å². The zero-order valence-corrected chi connectivity index (χ0v) is 20.1. The summed E-state index contributed by atoms with van der Waals surface area (Å²) in [6, 6.07) is 11.2. The van der Waals surface area contributed by atoms with Crippen molar-refractivity contribution in [2.75, 3.05) is 23.3 Å². The van der Waals surface area contributed by atoms with Crippen LogP contribution < -0.4 is 20.9 Å². The van der Waals surface area contributed by atoms with Gasteiger partial charge in [-0.25, -0.2) is 9.69 Å². The number of carbonyl (C=O) groups is 2. The summed E-state index contributed by atoms with van der Waals surface area (Å²) in [5, 5.41) is 18.2. The lowest BCUT2D eigenvalue weighted by atomic mass is 10.1. The molecule has 0 unspecified atom stereocenters. The Hall–Kier alpha value is -3.89. The number of fused-ring (bicyclic) bond motifs is 1. The van der Waals surface area contributed by atoms with E-state index in [9.17, 15) is 9.59 Å². The molecule has 0 aliphatic carbocycles. The Balaban J connectivity index is 1.52. The van der Waals surface area contributed by atoms with Gasteiger partial charge in [-0.2, -0.15) is 5.10 Å². The first-order valence-corrected chi connectivity index (χ1v) is 12.2. The number of hydrogen-bond acceptors (Lipinski definition) is 7. The minimum absolute atomic E-state index is 0.0436. The van der Waals surface area contributed by atoms with E-state index in [1.807, 2.05) is 49.4 Å². The molecule has 2 aliphatic heterocycles. The lowest BCUT2D eigenvalue weighted by Gasteiger charge is -2.30. The van der Waals surface area contributed by atoms with E-state index in [2.05, 4.69) is 37.9 Å². The molecule has 9 nitrogen and oxygen atoms in total. The number of anilines is 2. The van der Waals surface area contributed by atoms with Gasteiger partial charge in [0.1, 0.15) is 9.88 Å². The van der Waals surface area contributed by atoms with E-state index < -0.39 is 6.03 Å². The van der Waals surface area contributed by atoms with Crippen molar-refractivity contribution in [1.82, 2.24) is 20.8 Å². The summed E-state index contributed by atoms with van der Waals surface area (Å²) >= 11 is 1.21. The van der Waals surface area contributed by atoms with Crippen molar-refractivity contribution < 1.29 is 9.59 Å². The van der Waals surface area contributed by atoms with Crippen molar-refractivity contribution in [2.24, 2.45) is 4.99 Å². The molecular formula is C25H25N7O2S. The fourth-order valence-electron chi connectivity index (χ4n) is 4.41. The molecule has 3 N–H and O–H groups in total. The maximum atomic E-state index is 13.4. The van der Waals surface area contributed by atoms with Gasteiger partial charge in [-0.05, 0) is 44.7 Å². The van der Waals surface area contributed by atoms with Crippen molar-refractivity contribution in [3.05, 3.63) is 59.1 Å². The molecule has 0 bridgehead atoms. The molecule has 35 heavy (non-hydrogen) atoms. The fourth-order valence-corrected chi connectivity index (χ4v) is 5.38. The summed E-state index contributed by atoms with van der Waals surface area (Å²) in [5.41, 5.74) is 3.45. The van der Waals surface area contributed by atoms with Crippen molar-refractivity contribution in [3.63, 3.8) is 0 Å². The quantitative estimate of drug-likeness (QED) is 0.461.